The molecule has 1 heterocycles. The van der Waals surface area contributed by atoms with Crippen molar-refractivity contribution in [2.24, 2.45) is 5.73 Å². The molecule has 2 amide bonds. The van der Waals surface area contributed by atoms with Crippen LogP contribution in [0.3, 0.4) is 0 Å². The first-order valence-corrected chi connectivity index (χ1v) is 8.76. The van der Waals surface area contributed by atoms with Crippen molar-refractivity contribution in [3.63, 3.8) is 0 Å². The summed E-state index contributed by atoms with van der Waals surface area (Å²) in [7, 11) is 0. The highest BCUT2D eigenvalue weighted by atomic mass is 32.1. The number of nitrogens with one attached hydrogen (secondary N) is 1. The van der Waals surface area contributed by atoms with E-state index in [0.29, 0.717) is 16.6 Å². The van der Waals surface area contributed by atoms with E-state index in [9.17, 15) is 18.8 Å². The Hall–Kier alpha value is -3.26. The second-order valence-electron chi connectivity index (χ2n) is 5.77. The van der Waals surface area contributed by atoms with Gasteiger partial charge < -0.3 is 15.8 Å². The van der Waals surface area contributed by atoms with E-state index >= 15 is 0 Å². The van der Waals surface area contributed by atoms with Crippen LogP contribution >= 0.6 is 11.3 Å². The summed E-state index contributed by atoms with van der Waals surface area (Å²) in [6.45, 7) is 1.44. The van der Waals surface area contributed by atoms with Crippen LogP contribution in [0, 0.1) is 5.82 Å². The van der Waals surface area contributed by atoms with Crippen molar-refractivity contribution >= 4 is 44.9 Å². The third kappa shape index (κ3) is 4.29. The minimum absolute atomic E-state index is 0.279. The zero-order valence-electron chi connectivity index (χ0n) is 14.2. The fraction of sp³-hybridized carbons (Fsp3) is 0.105. The average Bonchev–Trinajstić information content (AvgIpc) is 3.05. The number of anilines is 1. The Morgan fingerprint density at radius 3 is 2.48 bits per heavy atom. The summed E-state index contributed by atoms with van der Waals surface area (Å²) >= 11 is 1.16. The molecule has 0 unspecified atom stereocenters. The molecule has 0 aliphatic carbocycles. The van der Waals surface area contributed by atoms with Crippen molar-refractivity contribution in [2.45, 2.75) is 13.0 Å². The molecule has 0 bridgehead atoms. The Morgan fingerprint density at radius 2 is 1.81 bits per heavy atom. The molecule has 0 radical (unpaired) electrons. The quantitative estimate of drug-likeness (QED) is 0.657. The molecule has 27 heavy (non-hydrogen) atoms. The van der Waals surface area contributed by atoms with Gasteiger partial charge in [0, 0.05) is 16.0 Å². The number of hydrogen-bond acceptors (Lipinski definition) is 5. The van der Waals surface area contributed by atoms with E-state index in [0.717, 1.165) is 16.0 Å². The summed E-state index contributed by atoms with van der Waals surface area (Å²) in [5.74, 6) is -2.15. The third-order valence-electron chi connectivity index (χ3n) is 3.77. The van der Waals surface area contributed by atoms with Crippen LogP contribution in [0.5, 0.6) is 0 Å². The van der Waals surface area contributed by atoms with E-state index in [-0.39, 0.29) is 4.88 Å². The lowest BCUT2D eigenvalue weighted by molar-refractivity contribution is -0.123. The van der Waals surface area contributed by atoms with E-state index in [1.54, 1.807) is 6.07 Å². The van der Waals surface area contributed by atoms with Gasteiger partial charge in [0.1, 0.15) is 10.7 Å². The second kappa shape index (κ2) is 7.55. The van der Waals surface area contributed by atoms with E-state index in [1.807, 2.05) is 0 Å². The predicted molar refractivity (Wildman–Crippen MR) is 100 cm³/mol. The monoisotopic (exact) mass is 386 g/mol. The molecule has 0 spiro atoms. The number of halogens is 1. The fourth-order valence-electron chi connectivity index (χ4n) is 2.35. The number of amides is 2. The van der Waals surface area contributed by atoms with Crippen LogP contribution in [0.2, 0.25) is 0 Å². The van der Waals surface area contributed by atoms with Crippen LogP contribution < -0.4 is 11.1 Å². The van der Waals surface area contributed by atoms with Crippen molar-refractivity contribution < 1.29 is 23.5 Å². The normalized spacial score (nSPS) is 11.8. The van der Waals surface area contributed by atoms with Gasteiger partial charge in [0.05, 0.1) is 0 Å². The molecule has 138 valence electrons. The van der Waals surface area contributed by atoms with Gasteiger partial charge in [0.25, 0.3) is 5.91 Å². The van der Waals surface area contributed by atoms with Crippen molar-refractivity contribution in [1.29, 1.82) is 0 Å². The van der Waals surface area contributed by atoms with Gasteiger partial charge in [-0.1, -0.05) is 0 Å². The maximum Gasteiger partial charge on any atom is 0.349 e. The summed E-state index contributed by atoms with van der Waals surface area (Å²) in [5.41, 5.74) is 5.91. The number of ether oxygens (including phenoxy) is 1. The van der Waals surface area contributed by atoms with Crippen LogP contribution in [-0.2, 0) is 9.53 Å². The van der Waals surface area contributed by atoms with Crippen LogP contribution in [0.15, 0.2) is 48.5 Å². The molecule has 2 aromatic carbocycles. The van der Waals surface area contributed by atoms with Crippen LogP contribution in [0.25, 0.3) is 10.1 Å². The highest BCUT2D eigenvalue weighted by Gasteiger charge is 2.20. The van der Waals surface area contributed by atoms with Gasteiger partial charge in [-0.3, -0.25) is 9.59 Å². The van der Waals surface area contributed by atoms with E-state index in [4.69, 9.17) is 10.5 Å². The number of hydrogen-bond donors (Lipinski definition) is 2. The van der Waals surface area contributed by atoms with Crippen LogP contribution in [-0.4, -0.2) is 23.9 Å². The molecule has 6 nitrogen and oxygen atoms in total. The number of nitrogens with two attached hydrogens (primary N) is 1. The van der Waals surface area contributed by atoms with Crippen molar-refractivity contribution in [1.82, 2.24) is 0 Å². The molecular weight excluding hydrogens is 371 g/mol. The average molecular weight is 386 g/mol. The van der Waals surface area contributed by atoms with Gasteiger partial charge >= 0.3 is 5.97 Å². The summed E-state index contributed by atoms with van der Waals surface area (Å²) in [5, 5.41) is 3.18. The number of thiophene rings is 1. The van der Waals surface area contributed by atoms with Gasteiger partial charge in [-0.05, 0) is 60.8 Å². The lowest BCUT2D eigenvalue weighted by Crippen LogP contribution is -2.29. The molecule has 3 N–H and O–H groups in total. The van der Waals surface area contributed by atoms with Crippen LogP contribution in [0.1, 0.15) is 27.0 Å². The number of carbonyl (C=O) groups excluding carboxylic acids is 3. The topological polar surface area (TPSA) is 98.5 Å². The number of primary amides is 1. The van der Waals surface area contributed by atoms with Gasteiger partial charge in [-0.25, -0.2) is 9.18 Å². The minimum Gasteiger partial charge on any atom is -0.448 e. The summed E-state index contributed by atoms with van der Waals surface area (Å²) < 4.78 is 19.2. The Balaban J connectivity index is 1.64. The first-order chi connectivity index (χ1) is 12.8. The molecule has 0 fully saturated rings. The number of fused-ring (bicyclic) bond motifs is 1. The van der Waals surface area contributed by atoms with Gasteiger partial charge in [0.15, 0.2) is 6.10 Å². The van der Waals surface area contributed by atoms with E-state index in [2.05, 4.69) is 5.32 Å². The summed E-state index contributed by atoms with van der Waals surface area (Å²) in [4.78, 5) is 35.8. The summed E-state index contributed by atoms with van der Waals surface area (Å²) in [6.07, 6.45) is -1.05. The molecule has 1 atom stereocenters. The third-order valence-corrected chi connectivity index (χ3v) is 4.87. The Morgan fingerprint density at radius 1 is 1.11 bits per heavy atom. The Kier molecular flexibility index (Phi) is 5.18. The Bertz CT molecular complexity index is 1030. The predicted octanol–water partition coefficient (Wildman–Crippen LogP) is 3.32. The zero-order chi connectivity index (χ0) is 19.6. The highest BCUT2D eigenvalue weighted by Crippen LogP contribution is 2.27. The van der Waals surface area contributed by atoms with Crippen molar-refractivity contribution in [2.75, 3.05) is 5.32 Å². The molecular formula is C19H15FN2O4S. The number of esters is 1. The lowest BCUT2D eigenvalue weighted by atomic mass is 10.2. The molecule has 0 saturated carbocycles. The highest BCUT2D eigenvalue weighted by molar-refractivity contribution is 7.20. The smallest absolute Gasteiger partial charge is 0.349 e. The summed E-state index contributed by atoms with van der Waals surface area (Å²) in [6, 6.07) is 11.7. The molecule has 0 aliphatic heterocycles. The van der Waals surface area contributed by atoms with Gasteiger partial charge in [-0.2, -0.15) is 0 Å². The fourth-order valence-corrected chi connectivity index (χ4v) is 3.27. The maximum atomic E-state index is 13.2. The first-order valence-electron chi connectivity index (χ1n) is 7.94. The molecule has 1 aromatic heterocycles. The van der Waals surface area contributed by atoms with Gasteiger partial charge in [-0.15, -0.1) is 11.3 Å². The molecule has 0 saturated heterocycles. The minimum atomic E-state index is -1.05. The Labute approximate surface area is 157 Å². The first kappa shape index (κ1) is 18.5. The number of benzene rings is 2. The standard InChI is InChI=1S/C19H15FN2O4S/c1-10(18(24)22-14-5-2-11(3-6-14)17(21)23)26-19(25)16-9-12-8-13(20)4-7-15(12)27-16/h2-10H,1H3,(H2,21,23)(H,22,24)/t10-/m1/s1. The second-order valence-corrected chi connectivity index (χ2v) is 6.85. The largest absolute Gasteiger partial charge is 0.448 e. The van der Waals surface area contributed by atoms with E-state index < -0.39 is 29.7 Å². The molecule has 3 rings (SSSR count). The lowest BCUT2D eigenvalue weighted by Gasteiger charge is -2.13. The van der Waals surface area contributed by atoms with Crippen molar-refractivity contribution in [3.05, 3.63) is 64.8 Å². The number of carbonyl (C=O) groups is 3. The van der Waals surface area contributed by atoms with E-state index in [1.165, 1.54) is 49.4 Å². The molecule has 8 heteroatoms. The zero-order valence-corrected chi connectivity index (χ0v) is 15.0. The van der Waals surface area contributed by atoms with Crippen molar-refractivity contribution in [3.8, 4) is 0 Å². The molecule has 3 aromatic rings. The number of rotatable bonds is 5. The van der Waals surface area contributed by atoms with Gasteiger partial charge in [0.2, 0.25) is 5.91 Å². The van der Waals surface area contributed by atoms with Crippen LogP contribution in [0.4, 0.5) is 10.1 Å². The molecule has 0 aliphatic rings. The SMILES string of the molecule is C[C@@H](OC(=O)c1cc2cc(F)ccc2s1)C(=O)Nc1ccc(C(N)=O)cc1. The maximum absolute atomic E-state index is 13.2.